The summed E-state index contributed by atoms with van der Waals surface area (Å²) in [6, 6.07) is 4.62. The number of aliphatic hydroxyl groups is 1. The van der Waals surface area contributed by atoms with Crippen LogP contribution in [0.25, 0.3) is 0 Å². The molecule has 0 aromatic heterocycles. The van der Waals surface area contributed by atoms with E-state index in [0.717, 1.165) is 42.5 Å². The molecule has 1 aromatic carbocycles. The fourth-order valence-electron chi connectivity index (χ4n) is 6.90. The molecule has 39 heavy (non-hydrogen) atoms. The lowest BCUT2D eigenvalue weighted by Crippen LogP contribution is -2.57. The second kappa shape index (κ2) is 12.3. The molecule has 3 saturated heterocycles. The predicted molar refractivity (Wildman–Crippen MR) is 156 cm³/mol. The van der Waals surface area contributed by atoms with Gasteiger partial charge >= 0.3 is 5.97 Å². The molecule has 0 radical (unpaired) electrons. The van der Waals surface area contributed by atoms with Crippen molar-refractivity contribution in [3.63, 3.8) is 0 Å². The predicted octanol–water partition coefficient (Wildman–Crippen LogP) is 4.58. The van der Waals surface area contributed by atoms with Crippen LogP contribution in [0.2, 0.25) is 0 Å². The average Bonchev–Trinajstić information content (AvgIpc) is 3.56. The Morgan fingerprint density at radius 3 is 2.59 bits per heavy atom. The maximum Gasteiger partial charge on any atom is 0.310 e. The van der Waals surface area contributed by atoms with Crippen LogP contribution < -0.4 is 4.90 Å². The van der Waals surface area contributed by atoms with Gasteiger partial charge in [-0.15, -0.1) is 24.9 Å². The maximum absolute atomic E-state index is 14.7. The zero-order valence-electron chi connectivity index (χ0n) is 23.4. The van der Waals surface area contributed by atoms with Gasteiger partial charge in [-0.05, 0) is 63.5 Å². The number of hydrogen-bond donors (Lipinski definition) is 1. The van der Waals surface area contributed by atoms with Crippen LogP contribution in [0.5, 0.6) is 0 Å². The number of ether oxygens (including phenoxy) is 1. The van der Waals surface area contributed by atoms with Crippen molar-refractivity contribution < 1.29 is 24.2 Å². The van der Waals surface area contributed by atoms with Crippen molar-refractivity contribution in [3.05, 3.63) is 54.6 Å². The van der Waals surface area contributed by atoms with E-state index in [4.69, 9.17) is 4.74 Å². The highest BCUT2D eigenvalue weighted by molar-refractivity contribution is 8.02. The molecular formula is C31H42N2O5S. The Morgan fingerprint density at radius 1 is 1.26 bits per heavy atom. The third-order valence-corrected chi connectivity index (χ3v) is 10.6. The molecule has 8 heteroatoms. The van der Waals surface area contributed by atoms with Gasteiger partial charge in [0.25, 0.3) is 5.91 Å². The number of benzene rings is 1. The highest BCUT2D eigenvalue weighted by Gasteiger charge is 2.74. The molecule has 2 amide bonds. The molecule has 2 bridgehead atoms. The van der Waals surface area contributed by atoms with Gasteiger partial charge in [-0.2, -0.15) is 0 Å². The Morgan fingerprint density at radius 2 is 1.97 bits per heavy atom. The summed E-state index contributed by atoms with van der Waals surface area (Å²) in [6.07, 6.45) is 7.98. The van der Waals surface area contributed by atoms with Gasteiger partial charge in [0.15, 0.2) is 0 Å². The molecule has 0 aliphatic carbocycles. The fourth-order valence-corrected chi connectivity index (χ4v) is 9.09. The lowest BCUT2D eigenvalue weighted by atomic mass is 9.71. The summed E-state index contributed by atoms with van der Waals surface area (Å²) >= 11 is 1.62. The van der Waals surface area contributed by atoms with E-state index in [2.05, 4.69) is 13.2 Å². The van der Waals surface area contributed by atoms with Crippen molar-refractivity contribution in [2.45, 2.75) is 81.4 Å². The Kier molecular flexibility index (Phi) is 9.27. The number of fused-ring (bicyclic) bond motifs is 1. The van der Waals surface area contributed by atoms with Gasteiger partial charge in [-0.1, -0.05) is 37.3 Å². The van der Waals surface area contributed by atoms with Crippen molar-refractivity contribution in [2.24, 2.45) is 11.8 Å². The van der Waals surface area contributed by atoms with Crippen LogP contribution in [0.15, 0.2) is 43.5 Å². The summed E-state index contributed by atoms with van der Waals surface area (Å²) in [7, 11) is 0. The number of nitrogens with zero attached hydrogens (tertiary/aromatic N) is 2. The number of unbranched alkanes of at least 4 members (excludes halogenated alkanes) is 2. The highest BCUT2D eigenvalue weighted by Crippen LogP contribution is 2.67. The number of rotatable bonds is 13. The lowest BCUT2D eigenvalue weighted by Gasteiger charge is -2.40. The van der Waals surface area contributed by atoms with Crippen LogP contribution in [0, 0.1) is 25.7 Å². The monoisotopic (exact) mass is 554 g/mol. The molecule has 7 nitrogen and oxygen atoms in total. The molecule has 1 N–H and O–H groups in total. The number of thioether (sulfide) groups is 1. The van der Waals surface area contributed by atoms with E-state index < -0.39 is 28.7 Å². The minimum absolute atomic E-state index is 0.0562. The van der Waals surface area contributed by atoms with E-state index in [9.17, 15) is 19.5 Å². The van der Waals surface area contributed by atoms with Crippen molar-refractivity contribution in [1.29, 1.82) is 0 Å². The molecule has 6 atom stereocenters. The minimum Gasteiger partial charge on any atom is -0.465 e. The normalized spacial score (nSPS) is 27.8. The third kappa shape index (κ3) is 5.06. The Bertz CT molecular complexity index is 1100. The number of aliphatic hydroxyl groups excluding tert-OH is 1. The van der Waals surface area contributed by atoms with Gasteiger partial charge < -0.3 is 19.6 Å². The molecule has 3 heterocycles. The molecule has 1 spiro atoms. The van der Waals surface area contributed by atoms with Crippen LogP contribution in [0.1, 0.15) is 56.6 Å². The van der Waals surface area contributed by atoms with Gasteiger partial charge in [0.2, 0.25) is 5.91 Å². The van der Waals surface area contributed by atoms with Crippen LogP contribution in [-0.2, 0) is 19.1 Å². The number of esters is 1. The van der Waals surface area contributed by atoms with E-state index >= 15 is 0 Å². The number of carbonyl (C=O) groups excluding carboxylic acids is 3. The third-order valence-electron chi connectivity index (χ3n) is 8.65. The number of hydrogen-bond acceptors (Lipinski definition) is 6. The summed E-state index contributed by atoms with van der Waals surface area (Å²) in [5.41, 5.74) is 2.75. The first kappa shape index (κ1) is 29.4. The van der Waals surface area contributed by atoms with Gasteiger partial charge in [0.1, 0.15) is 6.04 Å². The summed E-state index contributed by atoms with van der Waals surface area (Å²) in [6.45, 7) is 13.9. The molecule has 212 valence electrons. The smallest absolute Gasteiger partial charge is 0.310 e. The zero-order valence-corrected chi connectivity index (χ0v) is 24.3. The van der Waals surface area contributed by atoms with Crippen LogP contribution in [-0.4, -0.2) is 69.6 Å². The molecular weight excluding hydrogens is 512 g/mol. The first-order valence-corrected chi connectivity index (χ1v) is 15.0. The fraction of sp³-hybridized carbons (Fsp3) is 0.581. The number of amides is 2. The molecule has 2 unspecified atom stereocenters. The van der Waals surface area contributed by atoms with Crippen molar-refractivity contribution >= 4 is 35.2 Å². The SMILES string of the molecule is C=CCCCCOC(=O)[C@@H]1[C@@H]2CCC3(S2)C(C(=O)N(CC=C)c2c(C)cccc2C)N([C@@H](CC)CO)C(=O)[C@H]13. The standard InChI is InChI=1S/C31H42N2O5S/c1-6-9-10-11-18-38-30(37)24-23-15-16-31(39-23)25(24)28(35)33(22(8-3)19-34)27(31)29(36)32(17-7-2)26-20(4)13-12-14-21(26)5/h6-7,12-14,22-25,27,34H,1-2,8-11,15-19H2,3-5H3/t22-,23-,24+,25-,27?,31?/m0/s1. The highest BCUT2D eigenvalue weighted by atomic mass is 32.2. The van der Waals surface area contributed by atoms with Gasteiger partial charge in [-0.3, -0.25) is 14.4 Å². The summed E-state index contributed by atoms with van der Waals surface area (Å²) in [5.74, 6) is -1.95. The van der Waals surface area contributed by atoms with Gasteiger partial charge in [0.05, 0.1) is 35.8 Å². The van der Waals surface area contributed by atoms with Crippen LogP contribution >= 0.6 is 11.8 Å². The number of para-hydroxylation sites is 1. The van der Waals surface area contributed by atoms with E-state index in [1.165, 1.54) is 0 Å². The minimum atomic E-state index is -0.786. The number of aryl methyl sites for hydroxylation is 2. The second-order valence-corrected chi connectivity index (χ2v) is 12.6. The van der Waals surface area contributed by atoms with Crippen LogP contribution in [0.3, 0.4) is 0 Å². The average molecular weight is 555 g/mol. The zero-order chi connectivity index (χ0) is 28.3. The molecule has 3 fully saturated rings. The number of anilines is 1. The van der Waals surface area contributed by atoms with E-state index in [0.29, 0.717) is 26.0 Å². The second-order valence-electron chi connectivity index (χ2n) is 11.0. The molecule has 0 saturated carbocycles. The molecule has 3 aliphatic rings. The van der Waals surface area contributed by atoms with Crippen molar-refractivity contribution in [1.82, 2.24) is 4.90 Å². The first-order valence-electron chi connectivity index (χ1n) is 14.1. The number of carbonyl (C=O) groups is 3. The Labute approximate surface area is 236 Å². The maximum atomic E-state index is 14.7. The van der Waals surface area contributed by atoms with E-state index in [1.54, 1.807) is 27.6 Å². The molecule has 1 aromatic rings. The number of allylic oxidation sites excluding steroid dienone is 1. The van der Waals surface area contributed by atoms with Gasteiger partial charge in [0, 0.05) is 17.5 Å². The van der Waals surface area contributed by atoms with Crippen molar-refractivity contribution in [2.75, 3.05) is 24.7 Å². The number of likely N-dealkylation sites (tertiary alicyclic amines) is 1. The van der Waals surface area contributed by atoms with E-state index in [1.807, 2.05) is 45.0 Å². The first-order chi connectivity index (χ1) is 18.8. The summed E-state index contributed by atoms with van der Waals surface area (Å²) in [4.78, 5) is 45.7. The summed E-state index contributed by atoms with van der Waals surface area (Å²) < 4.78 is 4.96. The molecule has 3 aliphatic heterocycles. The largest absolute Gasteiger partial charge is 0.465 e. The Hall–Kier alpha value is -2.58. The van der Waals surface area contributed by atoms with Crippen LogP contribution in [0.4, 0.5) is 5.69 Å². The topological polar surface area (TPSA) is 87.2 Å². The lowest BCUT2D eigenvalue weighted by molar-refractivity contribution is -0.154. The molecule has 4 rings (SSSR count). The van der Waals surface area contributed by atoms with Gasteiger partial charge in [-0.25, -0.2) is 0 Å². The quantitative estimate of drug-likeness (QED) is 0.218. The van der Waals surface area contributed by atoms with Crippen molar-refractivity contribution in [3.8, 4) is 0 Å². The summed E-state index contributed by atoms with van der Waals surface area (Å²) in [5, 5.41) is 10.2. The Balaban J connectivity index is 1.73. The van der Waals surface area contributed by atoms with E-state index in [-0.39, 0.29) is 29.6 Å².